The summed E-state index contributed by atoms with van der Waals surface area (Å²) in [4.78, 5) is 13.4. The molecule has 1 heterocycles. The normalized spacial score (nSPS) is 10.0. The van der Waals surface area contributed by atoms with E-state index < -0.39 is 0 Å². The van der Waals surface area contributed by atoms with Crippen molar-refractivity contribution in [1.82, 2.24) is 10.3 Å². The van der Waals surface area contributed by atoms with E-state index in [1.54, 1.807) is 12.3 Å². The molecular weight excluding hydrogens is 140 g/mol. The zero-order valence-electron chi connectivity index (χ0n) is 6.77. The Morgan fingerprint density at radius 3 is 2.91 bits per heavy atom. The summed E-state index contributed by atoms with van der Waals surface area (Å²) in [5, 5.41) is 3.02. The van der Waals surface area contributed by atoms with Crippen LogP contribution in [0.15, 0.2) is 17.1 Å². The van der Waals surface area contributed by atoms with Crippen molar-refractivity contribution >= 4 is 0 Å². The maximum atomic E-state index is 10.8. The second-order valence-corrected chi connectivity index (χ2v) is 2.54. The summed E-state index contributed by atoms with van der Waals surface area (Å²) in [6.45, 7) is 2.73. The summed E-state index contributed by atoms with van der Waals surface area (Å²) in [5.41, 5.74) is 2.12. The summed E-state index contributed by atoms with van der Waals surface area (Å²) < 4.78 is 0. The van der Waals surface area contributed by atoms with Crippen LogP contribution < -0.4 is 10.9 Å². The molecule has 0 saturated heterocycles. The van der Waals surface area contributed by atoms with Crippen LogP contribution in [-0.4, -0.2) is 12.0 Å². The van der Waals surface area contributed by atoms with E-state index in [9.17, 15) is 4.79 Å². The van der Waals surface area contributed by atoms with Crippen molar-refractivity contribution in [3.8, 4) is 0 Å². The SMILES string of the molecule is CNCc1c[nH]c(=O)cc1C. The van der Waals surface area contributed by atoms with Crippen LogP contribution in [0.4, 0.5) is 0 Å². The standard InChI is InChI=1S/C8H12N2O/c1-6-3-8(11)10-5-7(6)4-9-2/h3,5,9H,4H2,1-2H3,(H,10,11). The number of aryl methyl sites for hydroxylation is 1. The van der Waals surface area contributed by atoms with Gasteiger partial charge >= 0.3 is 0 Å². The molecule has 0 spiro atoms. The second kappa shape index (κ2) is 3.34. The van der Waals surface area contributed by atoms with Gasteiger partial charge in [0.2, 0.25) is 5.56 Å². The fraction of sp³-hybridized carbons (Fsp3) is 0.375. The lowest BCUT2D eigenvalue weighted by molar-refractivity contribution is 0.805. The van der Waals surface area contributed by atoms with Crippen molar-refractivity contribution < 1.29 is 0 Å². The molecule has 2 N–H and O–H groups in total. The van der Waals surface area contributed by atoms with Crippen molar-refractivity contribution in [2.24, 2.45) is 0 Å². The molecule has 0 aliphatic rings. The van der Waals surface area contributed by atoms with Crippen LogP contribution in [0.3, 0.4) is 0 Å². The first-order valence-corrected chi connectivity index (χ1v) is 3.57. The summed E-state index contributed by atoms with van der Waals surface area (Å²) in [5.74, 6) is 0. The molecule has 0 fully saturated rings. The Bertz CT molecular complexity index is 290. The maximum Gasteiger partial charge on any atom is 0.248 e. The molecule has 0 saturated carbocycles. The van der Waals surface area contributed by atoms with Crippen molar-refractivity contribution in [1.29, 1.82) is 0 Å². The van der Waals surface area contributed by atoms with Gasteiger partial charge in [-0.25, -0.2) is 0 Å². The number of H-pyrrole nitrogens is 1. The van der Waals surface area contributed by atoms with Gasteiger partial charge in [0.25, 0.3) is 0 Å². The average Bonchev–Trinajstić information content (AvgIpc) is 1.95. The molecule has 0 aliphatic heterocycles. The van der Waals surface area contributed by atoms with Gasteiger partial charge in [0.15, 0.2) is 0 Å². The highest BCUT2D eigenvalue weighted by molar-refractivity contribution is 5.20. The molecule has 0 aromatic carbocycles. The molecule has 0 atom stereocenters. The molecule has 0 aliphatic carbocycles. The Labute approximate surface area is 65.5 Å². The molecule has 0 bridgehead atoms. The largest absolute Gasteiger partial charge is 0.329 e. The Morgan fingerprint density at radius 2 is 2.36 bits per heavy atom. The highest BCUT2D eigenvalue weighted by Gasteiger charge is 1.95. The summed E-state index contributed by atoms with van der Waals surface area (Å²) in [7, 11) is 1.88. The van der Waals surface area contributed by atoms with Crippen LogP contribution in [0.2, 0.25) is 0 Å². The Balaban J connectivity index is 2.99. The third-order valence-corrected chi connectivity index (χ3v) is 1.61. The maximum absolute atomic E-state index is 10.8. The molecule has 3 heteroatoms. The van der Waals surface area contributed by atoms with Crippen molar-refractivity contribution in [3.63, 3.8) is 0 Å². The Morgan fingerprint density at radius 1 is 1.64 bits per heavy atom. The highest BCUT2D eigenvalue weighted by atomic mass is 16.1. The molecule has 0 unspecified atom stereocenters. The van der Waals surface area contributed by atoms with E-state index in [2.05, 4.69) is 10.3 Å². The number of pyridine rings is 1. The molecule has 1 aromatic heterocycles. The molecule has 60 valence electrons. The molecule has 0 amide bonds. The quantitative estimate of drug-likeness (QED) is 0.644. The molecule has 11 heavy (non-hydrogen) atoms. The minimum atomic E-state index is -0.0395. The van der Waals surface area contributed by atoms with Gasteiger partial charge in [0.1, 0.15) is 0 Å². The van der Waals surface area contributed by atoms with Crippen LogP contribution in [0.25, 0.3) is 0 Å². The lowest BCUT2D eigenvalue weighted by Gasteiger charge is -2.01. The summed E-state index contributed by atoms with van der Waals surface area (Å²) >= 11 is 0. The van der Waals surface area contributed by atoms with E-state index in [4.69, 9.17) is 0 Å². The molecule has 0 radical (unpaired) electrons. The van der Waals surface area contributed by atoms with Gasteiger partial charge in [-0.1, -0.05) is 0 Å². The van der Waals surface area contributed by atoms with Crippen LogP contribution in [0.1, 0.15) is 11.1 Å². The Kier molecular flexibility index (Phi) is 2.44. The third-order valence-electron chi connectivity index (χ3n) is 1.61. The highest BCUT2D eigenvalue weighted by Crippen LogP contribution is 2.00. The molecular formula is C8H12N2O. The first kappa shape index (κ1) is 8.01. The van der Waals surface area contributed by atoms with Gasteiger partial charge in [0, 0.05) is 18.8 Å². The van der Waals surface area contributed by atoms with Crippen molar-refractivity contribution in [3.05, 3.63) is 33.7 Å². The first-order valence-electron chi connectivity index (χ1n) is 3.57. The number of hydrogen-bond donors (Lipinski definition) is 2. The zero-order valence-corrected chi connectivity index (χ0v) is 6.77. The first-order chi connectivity index (χ1) is 5.24. The predicted octanol–water partition coefficient (Wildman–Crippen LogP) is 0.403. The summed E-state index contributed by atoms with van der Waals surface area (Å²) in [6.07, 6.45) is 1.74. The van der Waals surface area contributed by atoms with Gasteiger partial charge in [-0.3, -0.25) is 4.79 Å². The number of nitrogens with one attached hydrogen (secondary N) is 2. The van der Waals surface area contributed by atoms with Gasteiger partial charge in [0.05, 0.1) is 0 Å². The van der Waals surface area contributed by atoms with Crippen LogP contribution in [-0.2, 0) is 6.54 Å². The number of hydrogen-bond acceptors (Lipinski definition) is 2. The molecule has 3 nitrogen and oxygen atoms in total. The van der Waals surface area contributed by atoms with E-state index in [0.717, 1.165) is 17.7 Å². The van der Waals surface area contributed by atoms with E-state index >= 15 is 0 Å². The fourth-order valence-corrected chi connectivity index (χ4v) is 0.984. The smallest absolute Gasteiger partial charge is 0.248 e. The molecule has 1 aromatic rings. The topological polar surface area (TPSA) is 44.9 Å². The number of aromatic amines is 1. The zero-order chi connectivity index (χ0) is 8.27. The van der Waals surface area contributed by atoms with Crippen LogP contribution >= 0.6 is 0 Å². The Hall–Kier alpha value is -1.09. The minimum absolute atomic E-state index is 0.0395. The lowest BCUT2D eigenvalue weighted by atomic mass is 10.2. The molecule has 1 rings (SSSR count). The van der Waals surface area contributed by atoms with E-state index in [0.29, 0.717) is 0 Å². The summed E-state index contributed by atoms with van der Waals surface area (Å²) in [6, 6.07) is 1.60. The number of aromatic nitrogens is 1. The van der Waals surface area contributed by atoms with Gasteiger partial charge in [-0.05, 0) is 25.1 Å². The minimum Gasteiger partial charge on any atom is -0.329 e. The average molecular weight is 152 g/mol. The van der Waals surface area contributed by atoms with Crippen LogP contribution in [0.5, 0.6) is 0 Å². The lowest BCUT2D eigenvalue weighted by Crippen LogP contribution is -2.11. The number of rotatable bonds is 2. The van der Waals surface area contributed by atoms with E-state index in [1.165, 1.54) is 0 Å². The fourth-order valence-electron chi connectivity index (χ4n) is 0.984. The van der Waals surface area contributed by atoms with E-state index in [-0.39, 0.29) is 5.56 Å². The monoisotopic (exact) mass is 152 g/mol. The van der Waals surface area contributed by atoms with Gasteiger partial charge in [-0.15, -0.1) is 0 Å². The van der Waals surface area contributed by atoms with Crippen molar-refractivity contribution in [2.75, 3.05) is 7.05 Å². The van der Waals surface area contributed by atoms with Gasteiger partial charge in [-0.2, -0.15) is 0 Å². The van der Waals surface area contributed by atoms with E-state index in [1.807, 2.05) is 14.0 Å². The van der Waals surface area contributed by atoms with Crippen molar-refractivity contribution in [2.45, 2.75) is 13.5 Å². The predicted molar refractivity (Wildman–Crippen MR) is 44.6 cm³/mol. The second-order valence-electron chi connectivity index (χ2n) is 2.54. The third kappa shape index (κ3) is 1.91. The van der Waals surface area contributed by atoms with Gasteiger partial charge < -0.3 is 10.3 Å². The van der Waals surface area contributed by atoms with Crippen LogP contribution in [0, 0.1) is 6.92 Å².